The lowest BCUT2D eigenvalue weighted by Crippen LogP contribution is -2.28. The first-order chi connectivity index (χ1) is 13.5. The zero-order chi connectivity index (χ0) is 20.1. The SMILES string of the molecule is C[C@@H](NC(=O)c1ccccc1NC(=O)c1cnc(Cl)c(Cl)c1)c1ccccc1. The third-order valence-corrected chi connectivity index (χ3v) is 4.81. The number of halogens is 2. The van der Waals surface area contributed by atoms with Crippen LogP contribution < -0.4 is 10.6 Å². The number of rotatable bonds is 5. The molecule has 0 fully saturated rings. The van der Waals surface area contributed by atoms with Crippen LogP contribution in [-0.4, -0.2) is 16.8 Å². The molecule has 7 heteroatoms. The van der Waals surface area contributed by atoms with Crippen LogP contribution in [0.25, 0.3) is 0 Å². The van der Waals surface area contributed by atoms with Gasteiger partial charge in [0.15, 0.2) is 0 Å². The lowest BCUT2D eigenvalue weighted by molar-refractivity contribution is 0.0941. The molecule has 0 saturated heterocycles. The number of aromatic nitrogens is 1. The molecule has 2 N–H and O–H groups in total. The van der Waals surface area contributed by atoms with Crippen LogP contribution in [-0.2, 0) is 0 Å². The Labute approximate surface area is 172 Å². The topological polar surface area (TPSA) is 71.1 Å². The van der Waals surface area contributed by atoms with E-state index in [1.807, 2.05) is 37.3 Å². The van der Waals surface area contributed by atoms with Crippen molar-refractivity contribution in [3.05, 3.63) is 93.7 Å². The van der Waals surface area contributed by atoms with E-state index in [0.29, 0.717) is 11.3 Å². The maximum absolute atomic E-state index is 12.8. The molecule has 3 rings (SSSR count). The molecule has 1 heterocycles. The van der Waals surface area contributed by atoms with Crippen LogP contribution in [0.3, 0.4) is 0 Å². The largest absolute Gasteiger partial charge is 0.345 e. The Kier molecular flexibility index (Phi) is 6.29. The van der Waals surface area contributed by atoms with Gasteiger partial charge in [-0.05, 0) is 30.7 Å². The molecular formula is C21H17Cl2N3O2. The molecule has 1 atom stereocenters. The van der Waals surface area contributed by atoms with Crippen LogP contribution in [0.4, 0.5) is 5.69 Å². The van der Waals surface area contributed by atoms with E-state index in [1.54, 1.807) is 24.3 Å². The van der Waals surface area contributed by atoms with Crippen molar-refractivity contribution in [3.8, 4) is 0 Å². The summed E-state index contributed by atoms with van der Waals surface area (Å²) < 4.78 is 0. The first-order valence-electron chi connectivity index (χ1n) is 8.53. The summed E-state index contributed by atoms with van der Waals surface area (Å²) in [5, 5.41) is 5.96. The summed E-state index contributed by atoms with van der Waals surface area (Å²) in [6.45, 7) is 1.90. The molecule has 2 aromatic carbocycles. The number of carbonyl (C=O) groups excluding carboxylic acids is 2. The predicted molar refractivity (Wildman–Crippen MR) is 111 cm³/mol. The fraction of sp³-hybridized carbons (Fsp3) is 0.0952. The van der Waals surface area contributed by atoms with E-state index < -0.39 is 5.91 Å². The minimum Gasteiger partial charge on any atom is -0.345 e. The van der Waals surface area contributed by atoms with Gasteiger partial charge in [0.2, 0.25) is 0 Å². The maximum Gasteiger partial charge on any atom is 0.257 e. The molecule has 2 amide bonds. The molecule has 1 aromatic heterocycles. The second-order valence-electron chi connectivity index (χ2n) is 6.10. The number of pyridine rings is 1. The Balaban J connectivity index is 1.77. The molecule has 0 saturated carbocycles. The quantitative estimate of drug-likeness (QED) is 0.569. The van der Waals surface area contributed by atoms with Gasteiger partial charge in [-0.2, -0.15) is 0 Å². The van der Waals surface area contributed by atoms with E-state index in [4.69, 9.17) is 23.2 Å². The summed E-state index contributed by atoms with van der Waals surface area (Å²) in [6, 6.07) is 17.6. The summed E-state index contributed by atoms with van der Waals surface area (Å²) >= 11 is 11.7. The minimum absolute atomic E-state index is 0.118. The smallest absolute Gasteiger partial charge is 0.257 e. The van der Waals surface area contributed by atoms with Gasteiger partial charge in [-0.1, -0.05) is 65.7 Å². The summed E-state index contributed by atoms with van der Waals surface area (Å²) in [7, 11) is 0. The van der Waals surface area contributed by atoms with E-state index in [1.165, 1.54) is 12.3 Å². The fourth-order valence-corrected chi connectivity index (χ4v) is 2.90. The number of hydrogen-bond donors (Lipinski definition) is 2. The maximum atomic E-state index is 12.8. The van der Waals surface area contributed by atoms with E-state index >= 15 is 0 Å². The number of carbonyl (C=O) groups is 2. The molecule has 0 aliphatic rings. The Bertz CT molecular complexity index is 1010. The number of nitrogens with one attached hydrogen (secondary N) is 2. The molecule has 0 bridgehead atoms. The monoisotopic (exact) mass is 413 g/mol. The van der Waals surface area contributed by atoms with Gasteiger partial charge in [-0.25, -0.2) is 4.98 Å². The molecule has 0 spiro atoms. The zero-order valence-electron chi connectivity index (χ0n) is 14.9. The number of benzene rings is 2. The van der Waals surface area contributed by atoms with Crippen molar-refractivity contribution in [3.63, 3.8) is 0 Å². The van der Waals surface area contributed by atoms with E-state index in [0.717, 1.165) is 5.56 Å². The van der Waals surface area contributed by atoms with Gasteiger partial charge in [-0.15, -0.1) is 0 Å². The number of amides is 2. The van der Waals surface area contributed by atoms with Crippen molar-refractivity contribution in [2.75, 3.05) is 5.32 Å². The number of nitrogens with zero attached hydrogens (tertiary/aromatic N) is 1. The summed E-state index contributed by atoms with van der Waals surface area (Å²) in [6.07, 6.45) is 1.32. The third kappa shape index (κ3) is 4.68. The Morgan fingerprint density at radius 3 is 2.36 bits per heavy atom. The molecular weight excluding hydrogens is 397 g/mol. The van der Waals surface area contributed by atoms with Crippen molar-refractivity contribution < 1.29 is 9.59 Å². The normalized spacial score (nSPS) is 11.5. The first kappa shape index (κ1) is 19.9. The summed E-state index contributed by atoms with van der Waals surface area (Å²) in [5.74, 6) is -0.734. The van der Waals surface area contributed by atoms with Crippen molar-refractivity contribution in [2.24, 2.45) is 0 Å². The van der Waals surface area contributed by atoms with Crippen molar-refractivity contribution in [1.82, 2.24) is 10.3 Å². The van der Waals surface area contributed by atoms with Gasteiger partial charge in [0.25, 0.3) is 11.8 Å². The van der Waals surface area contributed by atoms with Crippen molar-refractivity contribution in [2.45, 2.75) is 13.0 Å². The van der Waals surface area contributed by atoms with Crippen LogP contribution in [0, 0.1) is 0 Å². The highest BCUT2D eigenvalue weighted by Gasteiger charge is 2.17. The van der Waals surface area contributed by atoms with E-state index in [9.17, 15) is 9.59 Å². The number of anilines is 1. The van der Waals surface area contributed by atoms with Gasteiger partial charge < -0.3 is 10.6 Å². The Morgan fingerprint density at radius 1 is 0.964 bits per heavy atom. The molecule has 0 aliphatic heterocycles. The van der Waals surface area contributed by atoms with Gasteiger partial charge in [0.05, 0.1) is 27.9 Å². The molecule has 0 aliphatic carbocycles. The summed E-state index contributed by atoms with van der Waals surface area (Å²) in [4.78, 5) is 29.1. The van der Waals surface area contributed by atoms with Crippen molar-refractivity contribution >= 4 is 40.7 Å². The van der Waals surface area contributed by atoms with Gasteiger partial charge >= 0.3 is 0 Å². The second-order valence-corrected chi connectivity index (χ2v) is 6.87. The standard InChI is InChI=1S/C21H17Cl2N3O2/c1-13(14-7-3-2-4-8-14)25-21(28)16-9-5-6-10-18(16)26-20(27)15-11-17(22)19(23)24-12-15/h2-13H,1H3,(H,25,28)(H,26,27)/t13-/m1/s1. The predicted octanol–water partition coefficient (Wildman–Crippen LogP) is 5.13. The van der Waals surface area contributed by atoms with E-state index in [2.05, 4.69) is 15.6 Å². The third-order valence-electron chi connectivity index (χ3n) is 4.13. The lowest BCUT2D eigenvalue weighted by atomic mass is 10.1. The van der Waals surface area contributed by atoms with Gasteiger partial charge in [0.1, 0.15) is 5.15 Å². The summed E-state index contributed by atoms with van der Waals surface area (Å²) in [5.41, 5.74) is 1.96. The fourth-order valence-electron chi connectivity index (χ4n) is 2.63. The molecule has 142 valence electrons. The average molecular weight is 414 g/mol. The number of para-hydroxylation sites is 1. The highest BCUT2D eigenvalue weighted by molar-refractivity contribution is 6.41. The van der Waals surface area contributed by atoms with E-state index in [-0.39, 0.29) is 27.7 Å². The molecule has 0 radical (unpaired) electrons. The zero-order valence-corrected chi connectivity index (χ0v) is 16.5. The minimum atomic E-state index is -0.442. The molecule has 5 nitrogen and oxygen atoms in total. The van der Waals surface area contributed by atoms with Crippen LogP contribution in [0.1, 0.15) is 39.2 Å². The van der Waals surface area contributed by atoms with Gasteiger partial charge in [0, 0.05) is 6.20 Å². The first-order valence-corrected chi connectivity index (χ1v) is 9.28. The highest BCUT2D eigenvalue weighted by Crippen LogP contribution is 2.22. The second kappa shape index (κ2) is 8.87. The van der Waals surface area contributed by atoms with Gasteiger partial charge in [-0.3, -0.25) is 9.59 Å². The van der Waals surface area contributed by atoms with Crippen LogP contribution in [0.2, 0.25) is 10.2 Å². The van der Waals surface area contributed by atoms with Crippen LogP contribution >= 0.6 is 23.2 Å². The van der Waals surface area contributed by atoms with Crippen LogP contribution in [0.15, 0.2) is 66.9 Å². The molecule has 28 heavy (non-hydrogen) atoms. The average Bonchev–Trinajstić information content (AvgIpc) is 2.71. The molecule has 3 aromatic rings. The van der Waals surface area contributed by atoms with Crippen LogP contribution in [0.5, 0.6) is 0 Å². The molecule has 0 unspecified atom stereocenters. The lowest BCUT2D eigenvalue weighted by Gasteiger charge is -2.16. The van der Waals surface area contributed by atoms with Crippen molar-refractivity contribution in [1.29, 1.82) is 0 Å². The Morgan fingerprint density at radius 2 is 1.64 bits per heavy atom. The highest BCUT2D eigenvalue weighted by atomic mass is 35.5. The number of hydrogen-bond acceptors (Lipinski definition) is 3. The Hall–Kier alpha value is -2.89.